The molecule has 0 radical (unpaired) electrons. The molecule has 0 spiro atoms. The van der Waals surface area contributed by atoms with Gasteiger partial charge in [-0.3, -0.25) is 9.11 Å². The second kappa shape index (κ2) is 6.31. The van der Waals surface area contributed by atoms with Gasteiger partial charge in [0.15, 0.2) is 0 Å². The summed E-state index contributed by atoms with van der Waals surface area (Å²) in [5, 5.41) is 0. The van der Waals surface area contributed by atoms with Crippen LogP contribution in [0.5, 0.6) is 5.75 Å². The Morgan fingerprint density at radius 2 is 2.17 bits per heavy atom. The quantitative estimate of drug-likeness (QED) is 0.849. The molecule has 0 saturated carbocycles. The average Bonchev–Trinajstić information content (AvgIpc) is 2.75. The Bertz CT molecular complexity index is 408. The predicted octanol–water partition coefficient (Wildman–Crippen LogP) is 0.587. The molecule has 0 amide bonds. The normalized spacial score (nSPS) is 22.0. The zero-order chi connectivity index (χ0) is 13.0. The van der Waals surface area contributed by atoms with Crippen molar-refractivity contribution in [3.63, 3.8) is 0 Å². The summed E-state index contributed by atoms with van der Waals surface area (Å²) in [6, 6.07) is 8.08. The van der Waals surface area contributed by atoms with Gasteiger partial charge < -0.3 is 10.5 Å². The van der Waals surface area contributed by atoms with Gasteiger partial charge in [0.2, 0.25) is 0 Å². The summed E-state index contributed by atoms with van der Waals surface area (Å²) in [5.41, 5.74) is 7.34. The number of nitrogens with two attached hydrogens (primary N) is 1. The molecule has 1 aromatic carbocycles. The van der Waals surface area contributed by atoms with E-state index in [4.69, 9.17) is 10.5 Å². The van der Waals surface area contributed by atoms with E-state index in [9.17, 15) is 4.21 Å². The lowest BCUT2D eigenvalue weighted by atomic mass is 10.1. The number of hydrogen-bond donors (Lipinski definition) is 1. The van der Waals surface area contributed by atoms with Crippen LogP contribution < -0.4 is 10.5 Å². The first-order chi connectivity index (χ1) is 8.67. The van der Waals surface area contributed by atoms with Crippen LogP contribution in [0.2, 0.25) is 0 Å². The second-order valence-electron chi connectivity index (χ2n) is 4.66. The van der Waals surface area contributed by atoms with Crippen LogP contribution in [-0.4, -0.2) is 47.0 Å². The van der Waals surface area contributed by atoms with Gasteiger partial charge in [0.1, 0.15) is 5.75 Å². The molecule has 1 aliphatic heterocycles. The van der Waals surface area contributed by atoms with Gasteiger partial charge in [0.05, 0.1) is 13.0 Å². The highest BCUT2D eigenvalue weighted by Crippen LogP contribution is 2.13. The fourth-order valence-corrected chi connectivity index (χ4v) is 3.40. The molecule has 0 bridgehead atoms. The van der Waals surface area contributed by atoms with Gasteiger partial charge in [0.25, 0.3) is 0 Å². The lowest BCUT2D eigenvalue weighted by Gasteiger charge is -2.19. The third-order valence-electron chi connectivity index (χ3n) is 3.11. The molecule has 2 atom stereocenters. The van der Waals surface area contributed by atoms with Crippen LogP contribution >= 0.6 is 0 Å². The Labute approximate surface area is 111 Å². The van der Waals surface area contributed by atoms with Crippen LogP contribution in [0, 0.1) is 0 Å². The SMILES string of the molecule is COc1ccc(CC(N)CN2CCS(=O)C2)cc1. The summed E-state index contributed by atoms with van der Waals surface area (Å²) in [6.07, 6.45) is 0.840. The highest BCUT2D eigenvalue weighted by atomic mass is 32.2. The summed E-state index contributed by atoms with van der Waals surface area (Å²) in [7, 11) is 0.995. The molecule has 2 rings (SSSR count). The van der Waals surface area contributed by atoms with Gasteiger partial charge in [-0.05, 0) is 24.1 Å². The summed E-state index contributed by atoms with van der Waals surface area (Å²) in [4.78, 5) is 2.18. The van der Waals surface area contributed by atoms with Crippen molar-refractivity contribution in [2.24, 2.45) is 5.73 Å². The van der Waals surface area contributed by atoms with Crippen LogP contribution in [0.15, 0.2) is 24.3 Å². The Kier molecular flexibility index (Phi) is 4.74. The molecule has 1 aliphatic rings. The lowest BCUT2D eigenvalue weighted by Crippen LogP contribution is -2.37. The van der Waals surface area contributed by atoms with Gasteiger partial charge in [0, 0.05) is 35.7 Å². The molecule has 4 nitrogen and oxygen atoms in total. The highest BCUT2D eigenvalue weighted by Gasteiger charge is 2.19. The molecule has 1 heterocycles. The molecule has 1 saturated heterocycles. The van der Waals surface area contributed by atoms with E-state index in [0.717, 1.165) is 31.0 Å². The molecule has 2 unspecified atom stereocenters. The molecule has 2 N–H and O–H groups in total. The number of methoxy groups -OCH3 is 1. The van der Waals surface area contributed by atoms with Crippen molar-refractivity contribution < 1.29 is 8.95 Å². The number of rotatable bonds is 5. The minimum atomic E-state index is -0.666. The molecule has 1 aromatic rings. The first-order valence-corrected chi connectivity index (χ1v) is 7.62. The summed E-state index contributed by atoms with van der Waals surface area (Å²) in [5.74, 6) is 2.33. The van der Waals surface area contributed by atoms with Crippen molar-refractivity contribution in [2.45, 2.75) is 12.5 Å². The fraction of sp³-hybridized carbons (Fsp3) is 0.538. The molecule has 5 heteroatoms. The monoisotopic (exact) mass is 268 g/mol. The third kappa shape index (κ3) is 3.80. The Morgan fingerprint density at radius 3 is 2.72 bits per heavy atom. The van der Waals surface area contributed by atoms with E-state index in [-0.39, 0.29) is 6.04 Å². The van der Waals surface area contributed by atoms with E-state index in [1.54, 1.807) is 7.11 Å². The van der Waals surface area contributed by atoms with Gasteiger partial charge in [-0.2, -0.15) is 0 Å². The molecule has 1 fully saturated rings. The van der Waals surface area contributed by atoms with E-state index in [1.807, 2.05) is 24.3 Å². The molecule has 0 aromatic heterocycles. The highest BCUT2D eigenvalue weighted by molar-refractivity contribution is 7.85. The number of ether oxygens (including phenoxy) is 1. The molecule has 0 aliphatic carbocycles. The number of benzene rings is 1. The first-order valence-electron chi connectivity index (χ1n) is 6.13. The summed E-state index contributed by atoms with van der Waals surface area (Å²) >= 11 is 0. The van der Waals surface area contributed by atoms with Crippen molar-refractivity contribution in [3.05, 3.63) is 29.8 Å². The van der Waals surface area contributed by atoms with Gasteiger partial charge in [-0.15, -0.1) is 0 Å². The predicted molar refractivity (Wildman–Crippen MR) is 74.1 cm³/mol. The second-order valence-corrected chi connectivity index (χ2v) is 6.21. The molecule has 100 valence electrons. The third-order valence-corrected chi connectivity index (χ3v) is 4.40. The lowest BCUT2D eigenvalue weighted by molar-refractivity contribution is 0.327. The Balaban J connectivity index is 1.82. The van der Waals surface area contributed by atoms with Crippen LogP contribution in [-0.2, 0) is 17.2 Å². The van der Waals surface area contributed by atoms with Crippen LogP contribution in [0.3, 0.4) is 0 Å². The van der Waals surface area contributed by atoms with E-state index >= 15 is 0 Å². The van der Waals surface area contributed by atoms with Crippen molar-refractivity contribution in [3.8, 4) is 5.75 Å². The molecule has 18 heavy (non-hydrogen) atoms. The van der Waals surface area contributed by atoms with E-state index < -0.39 is 10.8 Å². The summed E-state index contributed by atoms with van der Waals surface area (Å²) in [6.45, 7) is 1.72. The van der Waals surface area contributed by atoms with Crippen molar-refractivity contribution in [2.75, 3.05) is 31.8 Å². The fourth-order valence-electron chi connectivity index (χ4n) is 2.17. The zero-order valence-electron chi connectivity index (χ0n) is 10.7. The minimum absolute atomic E-state index is 0.0912. The average molecular weight is 268 g/mol. The maximum absolute atomic E-state index is 11.3. The van der Waals surface area contributed by atoms with Crippen molar-refractivity contribution in [1.82, 2.24) is 4.90 Å². The van der Waals surface area contributed by atoms with Crippen molar-refractivity contribution >= 4 is 10.8 Å². The van der Waals surface area contributed by atoms with Gasteiger partial charge in [-0.25, -0.2) is 0 Å². The number of nitrogens with zero attached hydrogens (tertiary/aromatic N) is 1. The minimum Gasteiger partial charge on any atom is -0.497 e. The van der Waals surface area contributed by atoms with Crippen LogP contribution in [0.4, 0.5) is 0 Å². The standard InChI is InChI=1S/C13H20N2O2S/c1-17-13-4-2-11(3-5-13)8-12(14)9-15-6-7-18(16)10-15/h2-5,12H,6-10,14H2,1H3. The molecular formula is C13H20N2O2S. The largest absolute Gasteiger partial charge is 0.497 e. The molecular weight excluding hydrogens is 248 g/mol. The Morgan fingerprint density at radius 1 is 1.44 bits per heavy atom. The van der Waals surface area contributed by atoms with Gasteiger partial charge in [-0.1, -0.05) is 12.1 Å². The van der Waals surface area contributed by atoms with Gasteiger partial charge >= 0.3 is 0 Å². The smallest absolute Gasteiger partial charge is 0.118 e. The van der Waals surface area contributed by atoms with Crippen molar-refractivity contribution in [1.29, 1.82) is 0 Å². The van der Waals surface area contributed by atoms with Crippen LogP contribution in [0.1, 0.15) is 5.56 Å². The number of hydrogen-bond acceptors (Lipinski definition) is 4. The zero-order valence-corrected chi connectivity index (χ0v) is 11.5. The van der Waals surface area contributed by atoms with Crippen LogP contribution in [0.25, 0.3) is 0 Å². The maximum Gasteiger partial charge on any atom is 0.118 e. The van der Waals surface area contributed by atoms with E-state index in [2.05, 4.69) is 4.90 Å². The van der Waals surface area contributed by atoms with E-state index in [1.165, 1.54) is 5.56 Å². The topological polar surface area (TPSA) is 55.6 Å². The summed E-state index contributed by atoms with van der Waals surface area (Å²) < 4.78 is 16.4. The Hall–Kier alpha value is -0.910. The maximum atomic E-state index is 11.3. The van der Waals surface area contributed by atoms with E-state index in [0.29, 0.717) is 5.88 Å². The first kappa shape index (κ1) is 13.5.